The van der Waals surface area contributed by atoms with Gasteiger partial charge in [0.2, 0.25) is 0 Å². The van der Waals surface area contributed by atoms with E-state index in [1.54, 1.807) is 0 Å². The standard InChI is InChI=1S/C11H25N3/c1-3-10(12)9-5-7-14(8-6-9)11(13)4-2/h9-11H,3-8,12-13H2,1-2H3. The summed E-state index contributed by atoms with van der Waals surface area (Å²) in [5.41, 5.74) is 12.0. The van der Waals surface area contributed by atoms with Crippen molar-refractivity contribution >= 4 is 0 Å². The summed E-state index contributed by atoms with van der Waals surface area (Å²) in [5.74, 6) is 0.723. The second kappa shape index (κ2) is 5.69. The maximum absolute atomic E-state index is 6.05. The van der Waals surface area contributed by atoms with Crippen molar-refractivity contribution in [1.82, 2.24) is 4.90 Å². The van der Waals surface area contributed by atoms with E-state index in [1.165, 1.54) is 12.8 Å². The van der Waals surface area contributed by atoms with E-state index in [0.29, 0.717) is 6.04 Å². The molecule has 1 saturated heterocycles. The number of piperidine rings is 1. The van der Waals surface area contributed by atoms with Gasteiger partial charge in [0.05, 0.1) is 6.17 Å². The Labute approximate surface area is 87.8 Å². The van der Waals surface area contributed by atoms with Crippen LogP contribution in [0.3, 0.4) is 0 Å². The molecule has 0 spiro atoms. The van der Waals surface area contributed by atoms with Crippen molar-refractivity contribution in [3.8, 4) is 0 Å². The zero-order valence-corrected chi connectivity index (χ0v) is 9.58. The average Bonchev–Trinajstić information content (AvgIpc) is 2.27. The van der Waals surface area contributed by atoms with E-state index in [4.69, 9.17) is 11.5 Å². The van der Waals surface area contributed by atoms with Crippen LogP contribution in [0.5, 0.6) is 0 Å². The van der Waals surface area contributed by atoms with Gasteiger partial charge >= 0.3 is 0 Å². The highest BCUT2D eigenvalue weighted by molar-refractivity contribution is 4.80. The van der Waals surface area contributed by atoms with Crippen LogP contribution in [0.2, 0.25) is 0 Å². The van der Waals surface area contributed by atoms with Gasteiger partial charge in [0.1, 0.15) is 0 Å². The highest BCUT2D eigenvalue weighted by Gasteiger charge is 2.25. The van der Waals surface area contributed by atoms with Gasteiger partial charge in [-0.05, 0) is 44.7 Å². The predicted molar refractivity (Wildman–Crippen MR) is 60.8 cm³/mol. The molecule has 0 bridgehead atoms. The summed E-state index contributed by atoms with van der Waals surface area (Å²) in [6.07, 6.45) is 4.86. The molecule has 3 nitrogen and oxygen atoms in total. The number of hydrogen-bond acceptors (Lipinski definition) is 3. The Morgan fingerprint density at radius 3 is 2.14 bits per heavy atom. The number of nitrogens with zero attached hydrogens (tertiary/aromatic N) is 1. The lowest BCUT2D eigenvalue weighted by molar-refractivity contribution is 0.121. The summed E-state index contributed by atoms with van der Waals surface area (Å²) in [6, 6.07) is 0.398. The zero-order chi connectivity index (χ0) is 10.6. The zero-order valence-electron chi connectivity index (χ0n) is 9.58. The fourth-order valence-corrected chi connectivity index (χ4v) is 2.27. The highest BCUT2D eigenvalue weighted by atomic mass is 15.2. The third kappa shape index (κ3) is 2.94. The van der Waals surface area contributed by atoms with Crippen LogP contribution in [0.4, 0.5) is 0 Å². The lowest BCUT2D eigenvalue weighted by Crippen LogP contribution is -2.48. The summed E-state index contributed by atoms with van der Waals surface area (Å²) in [4.78, 5) is 2.39. The van der Waals surface area contributed by atoms with Crippen LogP contribution in [0.15, 0.2) is 0 Å². The van der Waals surface area contributed by atoms with E-state index >= 15 is 0 Å². The molecule has 1 rings (SSSR count). The molecule has 4 N–H and O–H groups in total. The maximum atomic E-state index is 6.05. The van der Waals surface area contributed by atoms with Crippen molar-refractivity contribution in [3.05, 3.63) is 0 Å². The van der Waals surface area contributed by atoms with Crippen LogP contribution in [0.25, 0.3) is 0 Å². The summed E-state index contributed by atoms with van der Waals surface area (Å²) < 4.78 is 0. The van der Waals surface area contributed by atoms with E-state index in [1.807, 2.05) is 0 Å². The molecule has 0 aromatic carbocycles. The number of likely N-dealkylation sites (tertiary alicyclic amines) is 1. The van der Waals surface area contributed by atoms with Crippen molar-refractivity contribution in [2.24, 2.45) is 17.4 Å². The Morgan fingerprint density at radius 1 is 1.14 bits per heavy atom. The van der Waals surface area contributed by atoms with Gasteiger partial charge in [0, 0.05) is 6.04 Å². The molecule has 0 saturated carbocycles. The normalized spacial score (nSPS) is 24.9. The van der Waals surface area contributed by atoms with Gasteiger partial charge in [-0.3, -0.25) is 4.90 Å². The first-order valence-corrected chi connectivity index (χ1v) is 5.94. The summed E-state index contributed by atoms with van der Waals surface area (Å²) in [7, 11) is 0. The molecule has 1 aliphatic heterocycles. The van der Waals surface area contributed by atoms with Crippen LogP contribution >= 0.6 is 0 Å². The van der Waals surface area contributed by atoms with Crippen LogP contribution in [-0.2, 0) is 0 Å². The first kappa shape index (κ1) is 12.0. The molecule has 0 aromatic rings. The Kier molecular flexibility index (Phi) is 4.85. The van der Waals surface area contributed by atoms with Crippen molar-refractivity contribution < 1.29 is 0 Å². The third-order valence-corrected chi connectivity index (χ3v) is 3.54. The minimum Gasteiger partial charge on any atom is -0.327 e. The van der Waals surface area contributed by atoms with Crippen LogP contribution in [-0.4, -0.2) is 30.2 Å². The van der Waals surface area contributed by atoms with Gasteiger partial charge in [0.15, 0.2) is 0 Å². The fourth-order valence-electron chi connectivity index (χ4n) is 2.27. The molecular weight excluding hydrogens is 174 g/mol. The van der Waals surface area contributed by atoms with Crippen molar-refractivity contribution in [3.63, 3.8) is 0 Å². The van der Waals surface area contributed by atoms with Crippen molar-refractivity contribution in [2.75, 3.05) is 13.1 Å². The van der Waals surface area contributed by atoms with Crippen molar-refractivity contribution in [1.29, 1.82) is 0 Å². The molecule has 14 heavy (non-hydrogen) atoms. The molecule has 1 aliphatic rings. The molecule has 0 amide bonds. The minimum atomic E-state index is 0.258. The third-order valence-electron chi connectivity index (χ3n) is 3.54. The van der Waals surface area contributed by atoms with Crippen LogP contribution < -0.4 is 11.5 Å². The molecule has 1 fully saturated rings. The quantitative estimate of drug-likeness (QED) is 0.713. The van der Waals surface area contributed by atoms with Gasteiger partial charge in [-0.25, -0.2) is 0 Å². The number of rotatable bonds is 4. The lowest BCUT2D eigenvalue weighted by atomic mass is 9.88. The molecule has 2 atom stereocenters. The van der Waals surface area contributed by atoms with Gasteiger partial charge in [0.25, 0.3) is 0 Å². The molecule has 0 radical (unpaired) electrons. The molecule has 3 heteroatoms. The van der Waals surface area contributed by atoms with Gasteiger partial charge in [-0.2, -0.15) is 0 Å². The monoisotopic (exact) mass is 199 g/mol. The number of hydrogen-bond donors (Lipinski definition) is 2. The smallest absolute Gasteiger partial charge is 0.0569 e. The molecule has 0 aromatic heterocycles. The maximum Gasteiger partial charge on any atom is 0.0569 e. The summed E-state index contributed by atoms with van der Waals surface area (Å²) >= 11 is 0. The molecule has 84 valence electrons. The van der Waals surface area contributed by atoms with Gasteiger partial charge < -0.3 is 11.5 Å². The minimum absolute atomic E-state index is 0.258. The Hall–Kier alpha value is -0.120. The fraction of sp³-hybridized carbons (Fsp3) is 1.00. The summed E-state index contributed by atoms with van der Waals surface area (Å²) in [5, 5.41) is 0. The molecular formula is C11H25N3. The number of nitrogens with two attached hydrogens (primary N) is 2. The second-order valence-electron chi connectivity index (χ2n) is 4.42. The Morgan fingerprint density at radius 2 is 1.71 bits per heavy atom. The molecule has 2 unspecified atom stereocenters. The SMILES string of the molecule is CCC(N)C1CCN(C(N)CC)CC1. The van der Waals surface area contributed by atoms with E-state index in [0.717, 1.165) is 31.8 Å². The summed E-state index contributed by atoms with van der Waals surface area (Å²) in [6.45, 7) is 6.59. The molecule has 0 aliphatic carbocycles. The topological polar surface area (TPSA) is 55.3 Å². The lowest BCUT2D eigenvalue weighted by Gasteiger charge is -2.37. The van der Waals surface area contributed by atoms with E-state index in [-0.39, 0.29) is 6.17 Å². The largest absolute Gasteiger partial charge is 0.327 e. The van der Waals surface area contributed by atoms with Crippen LogP contribution in [0, 0.1) is 5.92 Å². The van der Waals surface area contributed by atoms with E-state index < -0.39 is 0 Å². The molecule has 1 heterocycles. The van der Waals surface area contributed by atoms with Gasteiger partial charge in [-0.15, -0.1) is 0 Å². The van der Waals surface area contributed by atoms with Gasteiger partial charge in [-0.1, -0.05) is 13.8 Å². The van der Waals surface area contributed by atoms with Crippen molar-refractivity contribution in [2.45, 2.75) is 51.7 Å². The second-order valence-corrected chi connectivity index (χ2v) is 4.42. The first-order chi connectivity index (χ1) is 6.69. The van der Waals surface area contributed by atoms with E-state index in [9.17, 15) is 0 Å². The highest BCUT2D eigenvalue weighted by Crippen LogP contribution is 2.22. The Balaban J connectivity index is 2.31. The Bertz CT molecular complexity index is 135. The average molecular weight is 199 g/mol. The first-order valence-electron chi connectivity index (χ1n) is 5.94. The predicted octanol–water partition coefficient (Wildman–Crippen LogP) is 1.13. The van der Waals surface area contributed by atoms with Crippen LogP contribution in [0.1, 0.15) is 39.5 Å². The van der Waals surface area contributed by atoms with E-state index in [2.05, 4.69) is 18.7 Å².